The van der Waals surface area contributed by atoms with Crippen LogP contribution in [0.5, 0.6) is 0 Å². The fraction of sp³-hybridized carbons (Fsp3) is 0.929. The number of hydroxylamine groups is 2. The zero-order valence-electron chi connectivity index (χ0n) is 12.2. The van der Waals surface area contributed by atoms with Crippen LogP contribution >= 0.6 is 0 Å². The van der Waals surface area contributed by atoms with Gasteiger partial charge in [0, 0.05) is 19.1 Å². The van der Waals surface area contributed by atoms with Crippen molar-refractivity contribution in [2.24, 2.45) is 17.1 Å². The topological polar surface area (TPSA) is 55.6 Å². The molecule has 1 heterocycles. The second kappa shape index (κ2) is 6.53. The van der Waals surface area contributed by atoms with Crippen molar-refractivity contribution in [2.45, 2.75) is 59.4 Å². The van der Waals surface area contributed by atoms with Crippen LogP contribution in [0.4, 0.5) is 0 Å². The summed E-state index contributed by atoms with van der Waals surface area (Å²) in [5.74, 6) is 0.595. The normalized spacial score (nSPS) is 20.7. The molecular weight excluding hydrogens is 228 g/mol. The molecule has 0 aromatic rings. The van der Waals surface area contributed by atoms with Crippen LogP contribution in [0.25, 0.3) is 0 Å². The van der Waals surface area contributed by atoms with Gasteiger partial charge in [-0.3, -0.25) is 0 Å². The molecule has 0 radical (unpaired) electrons. The van der Waals surface area contributed by atoms with Crippen molar-refractivity contribution in [3.8, 4) is 0 Å². The van der Waals surface area contributed by atoms with E-state index >= 15 is 0 Å². The average Bonchev–Trinajstić information content (AvgIpc) is 2.26. The maximum atomic E-state index is 11.7. The van der Waals surface area contributed by atoms with Gasteiger partial charge in [-0.1, -0.05) is 0 Å². The van der Waals surface area contributed by atoms with Crippen LogP contribution in [-0.4, -0.2) is 30.2 Å². The lowest BCUT2D eigenvalue weighted by molar-refractivity contribution is -0.206. The number of carbonyl (C=O) groups is 1. The maximum Gasteiger partial charge on any atom is 0.330 e. The van der Waals surface area contributed by atoms with E-state index in [4.69, 9.17) is 10.6 Å². The first-order valence-corrected chi connectivity index (χ1v) is 7.02. The van der Waals surface area contributed by atoms with E-state index < -0.39 is 5.41 Å². The first-order valence-electron chi connectivity index (χ1n) is 7.02. The number of carbonyl (C=O) groups excluding carboxylic acids is 1. The minimum absolute atomic E-state index is 0.142. The van der Waals surface area contributed by atoms with Crippen LogP contribution < -0.4 is 5.73 Å². The molecule has 1 atom stereocenters. The van der Waals surface area contributed by atoms with E-state index in [-0.39, 0.29) is 5.97 Å². The van der Waals surface area contributed by atoms with Gasteiger partial charge < -0.3 is 10.6 Å². The van der Waals surface area contributed by atoms with Crippen LogP contribution in [0, 0.1) is 11.3 Å². The quantitative estimate of drug-likeness (QED) is 0.838. The predicted molar refractivity (Wildman–Crippen MR) is 72.7 cm³/mol. The zero-order chi connectivity index (χ0) is 13.8. The molecule has 0 amide bonds. The summed E-state index contributed by atoms with van der Waals surface area (Å²) in [5.41, 5.74) is 5.35. The molecule has 2 N–H and O–H groups in total. The number of hydrogen-bond donors (Lipinski definition) is 1. The molecule has 0 bridgehead atoms. The molecule has 1 rings (SSSR count). The largest absolute Gasteiger partial charge is 0.367 e. The second-order valence-electron chi connectivity index (χ2n) is 6.56. The fourth-order valence-electron chi connectivity index (χ4n) is 2.04. The summed E-state index contributed by atoms with van der Waals surface area (Å²) >= 11 is 0. The van der Waals surface area contributed by atoms with Crippen LogP contribution in [0.2, 0.25) is 0 Å². The third-order valence-electron chi connectivity index (χ3n) is 3.43. The minimum atomic E-state index is -0.425. The van der Waals surface area contributed by atoms with E-state index in [0.29, 0.717) is 6.04 Å². The number of nitrogens with two attached hydrogens (primary N) is 1. The third-order valence-corrected chi connectivity index (χ3v) is 3.43. The monoisotopic (exact) mass is 256 g/mol. The first-order chi connectivity index (χ1) is 8.29. The Balaban J connectivity index is 2.25. The molecule has 0 spiro atoms. The van der Waals surface area contributed by atoms with Crippen molar-refractivity contribution < 1.29 is 9.63 Å². The highest BCUT2D eigenvalue weighted by Gasteiger charge is 2.28. The summed E-state index contributed by atoms with van der Waals surface area (Å²) in [7, 11) is 0. The molecule has 1 aliphatic rings. The molecule has 4 heteroatoms. The Labute approximate surface area is 111 Å². The average molecular weight is 256 g/mol. The Hall–Kier alpha value is -0.610. The standard InChI is InChI=1S/C14H28N2O2/c1-11(15)5-6-12-7-9-16(10-8-12)18-13(17)14(2,3)4/h11-12H,5-10,15H2,1-4H3. The summed E-state index contributed by atoms with van der Waals surface area (Å²) in [6, 6.07) is 0.293. The van der Waals surface area contributed by atoms with Crippen molar-refractivity contribution in [2.75, 3.05) is 13.1 Å². The Bertz CT molecular complexity index is 263. The molecule has 0 saturated carbocycles. The lowest BCUT2D eigenvalue weighted by Gasteiger charge is -2.32. The molecule has 106 valence electrons. The zero-order valence-corrected chi connectivity index (χ0v) is 12.2. The minimum Gasteiger partial charge on any atom is -0.367 e. The highest BCUT2D eigenvalue weighted by Crippen LogP contribution is 2.24. The van der Waals surface area contributed by atoms with Crippen LogP contribution in [0.15, 0.2) is 0 Å². The van der Waals surface area contributed by atoms with E-state index in [0.717, 1.165) is 38.3 Å². The fourth-order valence-corrected chi connectivity index (χ4v) is 2.04. The van der Waals surface area contributed by atoms with E-state index in [1.54, 1.807) is 0 Å². The van der Waals surface area contributed by atoms with Gasteiger partial charge in [-0.2, -0.15) is 0 Å². The number of rotatable bonds is 4. The lowest BCUT2D eigenvalue weighted by Crippen LogP contribution is -2.39. The van der Waals surface area contributed by atoms with Crippen LogP contribution in [-0.2, 0) is 9.63 Å². The predicted octanol–water partition coefficient (Wildman–Crippen LogP) is 2.33. The van der Waals surface area contributed by atoms with Gasteiger partial charge in [-0.25, -0.2) is 4.79 Å². The molecule has 4 nitrogen and oxygen atoms in total. The van der Waals surface area contributed by atoms with E-state index in [2.05, 4.69) is 6.92 Å². The van der Waals surface area contributed by atoms with Crippen molar-refractivity contribution in [1.29, 1.82) is 0 Å². The molecule has 1 fully saturated rings. The van der Waals surface area contributed by atoms with Gasteiger partial charge in [0.05, 0.1) is 5.41 Å². The molecule has 0 aromatic heterocycles. The maximum absolute atomic E-state index is 11.7. The first kappa shape index (κ1) is 15.4. The Morgan fingerprint density at radius 2 is 1.94 bits per heavy atom. The van der Waals surface area contributed by atoms with Gasteiger partial charge in [0.15, 0.2) is 0 Å². The molecule has 18 heavy (non-hydrogen) atoms. The third kappa shape index (κ3) is 5.36. The highest BCUT2D eigenvalue weighted by atomic mass is 16.7. The Morgan fingerprint density at radius 1 is 1.39 bits per heavy atom. The van der Waals surface area contributed by atoms with Crippen LogP contribution in [0.3, 0.4) is 0 Å². The molecule has 0 aliphatic carbocycles. The summed E-state index contributed by atoms with van der Waals surface area (Å²) in [6.07, 6.45) is 4.49. The van der Waals surface area contributed by atoms with Crippen molar-refractivity contribution >= 4 is 5.97 Å². The molecule has 1 aliphatic heterocycles. The van der Waals surface area contributed by atoms with Gasteiger partial charge in [-0.15, -0.1) is 5.06 Å². The van der Waals surface area contributed by atoms with Gasteiger partial charge in [-0.05, 0) is 59.3 Å². The number of hydrogen-bond acceptors (Lipinski definition) is 4. The summed E-state index contributed by atoms with van der Waals surface area (Å²) in [5, 5.41) is 1.82. The molecule has 0 aromatic carbocycles. The van der Waals surface area contributed by atoms with E-state index in [9.17, 15) is 4.79 Å². The van der Waals surface area contributed by atoms with Gasteiger partial charge in [0.2, 0.25) is 0 Å². The highest BCUT2D eigenvalue weighted by molar-refractivity contribution is 5.75. The molecular formula is C14H28N2O2. The van der Waals surface area contributed by atoms with Gasteiger partial charge in [0.25, 0.3) is 0 Å². The molecule has 1 unspecified atom stereocenters. The van der Waals surface area contributed by atoms with Gasteiger partial charge >= 0.3 is 5.97 Å². The SMILES string of the molecule is CC(N)CCC1CCN(OC(=O)C(C)(C)C)CC1. The Morgan fingerprint density at radius 3 is 2.39 bits per heavy atom. The smallest absolute Gasteiger partial charge is 0.330 e. The van der Waals surface area contributed by atoms with Gasteiger partial charge in [0.1, 0.15) is 0 Å². The number of nitrogens with zero attached hydrogens (tertiary/aromatic N) is 1. The molecule has 1 saturated heterocycles. The number of piperidine rings is 1. The van der Waals surface area contributed by atoms with E-state index in [1.165, 1.54) is 6.42 Å². The van der Waals surface area contributed by atoms with Crippen molar-refractivity contribution in [3.63, 3.8) is 0 Å². The Kier molecular flexibility index (Phi) is 5.60. The lowest BCUT2D eigenvalue weighted by atomic mass is 9.91. The summed E-state index contributed by atoms with van der Waals surface area (Å²) in [6.45, 7) is 9.40. The second-order valence-corrected chi connectivity index (χ2v) is 6.56. The van der Waals surface area contributed by atoms with Crippen molar-refractivity contribution in [1.82, 2.24) is 5.06 Å². The summed E-state index contributed by atoms with van der Waals surface area (Å²) < 4.78 is 0. The van der Waals surface area contributed by atoms with Crippen LogP contribution in [0.1, 0.15) is 53.4 Å². The summed E-state index contributed by atoms with van der Waals surface area (Å²) in [4.78, 5) is 17.1. The van der Waals surface area contributed by atoms with Crippen molar-refractivity contribution in [3.05, 3.63) is 0 Å². The van der Waals surface area contributed by atoms with E-state index in [1.807, 2.05) is 25.8 Å².